The maximum atomic E-state index is 12.6. The van der Waals surface area contributed by atoms with Crippen LogP contribution in [0.15, 0.2) is 101 Å². The lowest BCUT2D eigenvalue weighted by Gasteiger charge is -2.09. The summed E-state index contributed by atoms with van der Waals surface area (Å²) < 4.78 is 11.4. The van der Waals surface area contributed by atoms with Gasteiger partial charge in [0.25, 0.3) is 11.8 Å². The second-order valence-corrected chi connectivity index (χ2v) is 9.32. The van der Waals surface area contributed by atoms with Crippen LogP contribution in [0.4, 0.5) is 5.69 Å². The van der Waals surface area contributed by atoms with Crippen molar-refractivity contribution in [2.75, 3.05) is 12.4 Å². The van der Waals surface area contributed by atoms with E-state index in [1.165, 1.54) is 6.21 Å². The highest BCUT2D eigenvalue weighted by Gasteiger charge is 2.13. The summed E-state index contributed by atoms with van der Waals surface area (Å²) >= 11 is 3.39. The molecule has 196 valence electrons. The lowest BCUT2D eigenvalue weighted by molar-refractivity contribution is 0.0733. The van der Waals surface area contributed by atoms with Crippen LogP contribution in [0.5, 0.6) is 11.5 Å². The summed E-state index contributed by atoms with van der Waals surface area (Å²) in [6, 6.07) is 25.3. The Balaban J connectivity index is 1.38. The van der Waals surface area contributed by atoms with Crippen molar-refractivity contribution >= 4 is 45.6 Å². The highest BCUT2D eigenvalue weighted by atomic mass is 79.9. The molecule has 4 rings (SSSR count). The van der Waals surface area contributed by atoms with Crippen LogP contribution in [0.25, 0.3) is 0 Å². The zero-order chi connectivity index (χ0) is 27.8. The Morgan fingerprint density at radius 3 is 2.23 bits per heavy atom. The van der Waals surface area contributed by atoms with E-state index >= 15 is 0 Å². The van der Waals surface area contributed by atoms with Crippen molar-refractivity contribution in [1.82, 2.24) is 5.43 Å². The molecule has 0 unspecified atom stereocenters. The number of ether oxygens (including phenoxy) is 2. The van der Waals surface area contributed by atoms with Gasteiger partial charge in [0, 0.05) is 26.9 Å². The Morgan fingerprint density at radius 2 is 1.54 bits per heavy atom. The lowest BCUT2D eigenvalue weighted by atomic mass is 10.1. The van der Waals surface area contributed by atoms with Crippen molar-refractivity contribution in [1.29, 1.82) is 0 Å². The number of amides is 2. The average molecular weight is 586 g/mol. The van der Waals surface area contributed by atoms with Crippen molar-refractivity contribution in [2.24, 2.45) is 5.10 Å². The Morgan fingerprint density at radius 1 is 0.821 bits per heavy atom. The van der Waals surface area contributed by atoms with E-state index in [2.05, 4.69) is 31.8 Å². The second-order valence-electron chi connectivity index (χ2n) is 8.40. The fraction of sp³-hybridized carbons (Fsp3) is 0.0667. The van der Waals surface area contributed by atoms with Crippen molar-refractivity contribution in [3.05, 3.63) is 123 Å². The lowest BCUT2D eigenvalue weighted by Crippen LogP contribution is -2.18. The van der Waals surface area contributed by atoms with Gasteiger partial charge in [-0.15, -0.1) is 0 Å². The van der Waals surface area contributed by atoms with Gasteiger partial charge in [-0.2, -0.15) is 5.10 Å². The standard InChI is InChI=1S/C30H24BrN3O5/c1-19-4-3-5-22(16-19)28(35)33-25-11-6-20(7-12-25)29(36)34-32-18-23-17-24(31)10-15-27(23)39-30(37)21-8-13-26(38-2)14-9-21/h3-18H,1-2H3,(H,33,35)(H,34,36)/b32-18-. The third kappa shape index (κ3) is 7.39. The molecule has 0 spiro atoms. The predicted octanol–water partition coefficient (Wildman–Crippen LogP) is 6.00. The summed E-state index contributed by atoms with van der Waals surface area (Å²) in [5, 5.41) is 6.83. The molecular weight excluding hydrogens is 562 g/mol. The van der Waals surface area contributed by atoms with Crippen molar-refractivity contribution in [3.8, 4) is 11.5 Å². The monoisotopic (exact) mass is 585 g/mol. The number of benzene rings is 4. The van der Waals surface area contributed by atoms with E-state index in [1.807, 2.05) is 19.1 Å². The van der Waals surface area contributed by atoms with E-state index in [1.54, 1.807) is 86.0 Å². The van der Waals surface area contributed by atoms with Crippen LogP contribution in [-0.4, -0.2) is 31.1 Å². The number of aryl methyl sites for hydroxylation is 1. The number of rotatable bonds is 8. The number of halogens is 1. The smallest absolute Gasteiger partial charge is 0.343 e. The molecule has 2 N–H and O–H groups in total. The maximum absolute atomic E-state index is 12.6. The van der Waals surface area contributed by atoms with Gasteiger partial charge in [-0.25, -0.2) is 10.2 Å². The normalized spacial score (nSPS) is 10.6. The second kappa shape index (κ2) is 12.7. The van der Waals surface area contributed by atoms with E-state index in [4.69, 9.17) is 9.47 Å². The molecule has 0 radical (unpaired) electrons. The number of carbonyl (C=O) groups excluding carboxylic acids is 3. The Hall–Kier alpha value is -4.76. The van der Waals surface area contributed by atoms with Gasteiger partial charge in [-0.3, -0.25) is 9.59 Å². The molecule has 0 aliphatic carbocycles. The van der Waals surface area contributed by atoms with Crippen molar-refractivity contribution in [2.45, 2.75) is 6.92 Å². The molecule has 0 atom stereocenters. The minimum Gasteiger partial charge on any atom is -0.497 e. The number of carbonyl (C=O) groups is 3. The third-order valence-electron chi connectivity index (χ3n) is 5.56. The molecule has 8 nitrogen and oxygen atoms in total. The van der Waals surface area contributed by atoms with E-state index in [0.29, 0.717) is 33.7 Å². The van der Waals surface area contributed by atoms with Gasteiger partial charge in [0.15, 0.2) is 0 Å². The molecule has 0 saturated heterocycles. The van der Waals surface area contributed by atoms with Crippen LogP contribution in [0, 0.1) is 6.92 Å². The number of anilines is 1. The first-order valence-corrected chi connectivity index (χ1v) is 12.6. The van der Waals surface area contributed by atoms with Gasteiger partial charge in [0.1, 0.15) is 11.5 Å². The van der Waals surface area contributed by atoms with Crippen LogP contribution >= 0.6 is 15.9 Å². The minimum absolute atomic E-state index is 0.238. The highest BCUT2D eigenvalue weighted by Crippen LogP contribution is 2.23. The van der Waals surface area contributed by atoms with Crippen LogP contribution in [0.2, 0.25) is 0 Å². The Kier molecular flexibility index (Phi) is 8.86. The number of hydrogen-bond donors (Lipinski definition) is 2. The molecule has 0 aliphatic heterocycles. The minimum atomic E-state index is -0.548. The fourth-order valence-corrected chi connectivity index (χ4v) is 3.90. The molecule has 0 aliphatic rings. The third-order valence-corrected chi connectivity index (χ3v) is 6.05. The predicted molar refractivity (Wildman–Crippen MR) is 153 cm³/mol. The van der Waals surface area contributed by atoms with Gasteiger partial charge in [0.05, 0.1) is 18.9 Å². The average Bonchev–Trinajstić information content (AvgIpc) is 2.94. The summed E-state index contributed by atoms with van der Waals surface area (Å²) in [5.41, 5.74) is 5.72. The SMILES string of the molecule is COc1ccc(C(=O)Oc2ccc(Br)cc2/C=N\NC(=O)c2ccc(NC(=O)c3cccc(C)c3)cc2)cc1. The quantitative estimate of drug-likeness (QED) is 0.114. The first kappa shape index (κ1) is 27.3. The number of hydrogen-bond acceptors (Lipinski definition) is 6. The molecule has 0 heterocycles. The maximum Gasteiger partial charge on any atom is 0.343 e. The van der Waals surface area contributed by atoms with Crippen LogP contribution in [0.1, 0.15) is 42.2 Å². The summed E-state index contributed by atoms with van der Waals surface area (Å²) in [6.45, 7) is 1.92. The van der Waals surface area contributed by atoms with Gasteiger partial charge in [0.2, 0.25) is 0 Å². The zero-order valence-corrected chi connectivity index (χ0v) is 22.7. The van der Waals surface area contributed by atoms with Crippen molar-refractivity contribution in [3.63, 3.8) is 0 Å². The molecule has 2 amide bonds. The number of nitrogens with one attached hydrogen (secondary N) is 2. The van der Waals surface area contributed by atoms with Crippen LogP contribution < -0.4 is 20.2 Å². The Labute approximate surface area is 233 Å². The van der Waals surface area contributed by atoms with Gasteiger partial charge < -0.3 is 14.8 Å². The van der Waals surface area contributed by atoms with Gasteiger partial charge in [-0.05, 0) is 85.8 Å². The molecule has 4 aromatic rings. The molecular formula is C30H24BrN3O5. The number of nitrogens with zero attached hydrogens (tertiary/aromatic N) is 1. The number of hydrazone groups is 1. The zero-order valence-electron chi connectivity index (χ0n) is 21.1. The highest BCUT2D eigenvalue weighted by molar-refractivity contribution is 9.10. The van der Waals surface area contributed by atoms with E-state index in [0.717, 1.165) is 10.0 Å². The summed E-state index contributed by atoms with van der Waals surface area (Å²) in [4.78, 5) is 37.6. The van der Waals surface area contributed by atoms with Crippen molar-refractivity contribution < 1.29 is 23.9 Å². The topological polar surface area (TPSA) is 106 Å². The molecule has 0 fully saturated rings. The summed E-state index contributed by atoms with van der Waals surface area (Å²) in [7, 11) is 1.54. The summed E-state index contributed by atoms with van der Waals surface area (Å²) in [5.74, 6) is -0.341. The number of methoxy groups -OCH3 is 1. The molecule has 0 bridgehead atoms. The summed E-state index contributed by atoms with van der Waals surface area (Å²) in [6.07, 6.45) is 1.38. The van der Waals surface area contributed by atoms with Gasteiger partial charge in [-0.1, -0.05) is 33.6 Å². The van der Waals surface area contributed by atoms with Crippen LogP contribution in [0.3, 0.4) is 0 Å². The molecule has 0 saturated carbocycles. The Bertz CT molecular complexity index is 1530. The van der Waals surface area contributed by atoms with E-state index in [9.17, 15) is 14.4 Å². The fourth-order valence-electron chi connectivity index (χ4n) is 3.52. The number of esters is 1. The molecule has 0 aromatic heterocycles. The molecule has 4 aromatic carbocycles. The first-order chi connectivity index (χ1) is 18.8. The molecule has 39 heavy (non-hydrogen) atoms. The first-order valence-electron chi connectivity index (χ1n) is 11.8. The largest absolute Gasteiger partial charge is 0.497 e. The molecule has 9 heteroatoms. The van der Waals surface area contributed by atoms with Crippen LogP contribution in [-0.2, 0) is 0 Å². The van der Waals surface area contributed by atoms with E-state index in [-0.39, 0.29) is 11.7 Å². The van der Waals surface area contributed by atoms with E-state index < -0.39 is 11.9 Å². The van der Waals surface area contributed by atoms with Gasteiger partial charge >= 0.3 is 5.97 Å².